The molecule has 5 rings (SSSR count). The molecule has 38 heavy (non-hydrogen) atoms. The number of nitrogens with one attached hydrogen (secondary N) is 2. The molecule has 0 amide bonds. The first-order chi connectivity index (χ1) is 18.2. The summed E-state index contributed by atoms with van der Waals surface area (Å²) in [5.74, 6) is 1.10. The third-order valence-corrected chi connectivity index (χ3v) is 7.05. The van der Waals surface area contributed by atoms with E-state index in [9.17, 15) is 0 Å². The minimum atomic E-state index is -0.263. The number of imidazole rings is 1. The molecule has 5 aromatic rings. The average Bonchev–Trinajstić information content (AvgIpc) is 3.35. The Labute approximate surface area is 222 Å². The molecule has 0 unspecified atom stereocenters. The van der Waals surface area contributed by atoms with Crippen molar-refractivity contribution < 1.29 is 4.39 Å². The summed E-state index contributed by atoms with van der Waals surface area (Å²) in [4.78, 5) is 9.70. The highest BCUT2D eigenvalue weighted by molar-refractivity contribution is 6.23. The molecule has 0 aliphatic rings. The molecule has 2 heterocycles. The third kappa shape index (κ3) is 4.44. The molecule has 194 valence electrons. The summed E-state index contributed by atoms with van der Waals surface area (Å²) in [6.07, 6.45) is 5.63. The van der Waals surface area contributed by atoms with Gasteiger partial charge in [-0.1, -0.05) is 57.5 Å². The van der Waals surface area contributed by atoms with Crippen molar-refractivity contribution in [2.45, 2.75) is 54.4 Å². The van der Waals surface area contributed by atoms with Crippen LogP contribution in [0.25, 0.3) is 49.4 Å². The molecule has 0 atom stereocenters. The zero-order valence-electron chi connectivity index (χ0n) is 23.1. The topological polar surface area (TPSA) is 66.5 Å². The van der Waals surface area contributed by atoms with E-state index in [1.807, 2.05) is 37.4 Å². The Morgan fingerprint density at radius 1 is 0.895 bits per heavy atom. The molecule has 0 saturated carbocycles. The number of benzene rings is 3. The molecule has 6 heteroatoms. The fourth-order valence-corrected chi connectivity index (χ4v) is 5.11. The van der Waals surface area contributed by atoms with Crippen LogP contribution in [0.3, 0.4) is 0 Å². The average molecular weight is 508 g/mol. The van der Waals surface area contributed by atoms with Crippen LogP contribution in [0, 0.1) is 11.7 Å². The molecule has 0 spiro atoms. The normalized spacial score (nSPS) is 12.3. The van der Waals surface area contributed by atoms with E-state index in [-0.39, 0.29) is 11.7 Å². The molecular formula is C32H34FN5. The first-order valence-corrected chi connectivity index (χ1v) is 13.2. The van der Waals surface area contributed by atoms with Gasteiger partial charge in [0.05, 0.1) is 11.7 Å². The zero-order valence-corrected chi connectivity index (χ0v) is 23.1. The highest BCUT2D eigenvalue weighted by Gasteiger charge is 2.17. The van der Waals surface area contributed by atoms with Crippen molar-refractivity contribution in [3.63, 3.8) is 0 Å². The first kappa shape index (κ1) is 25.6. The van der Waals surface area contributed by atoms with Crippen molar-refractivity contribution in [2.24, 2.45) is 5.92 Å². The van der Waals surface area contributed by atoms with E-state index in [2.05, 4.69) is 69.2 Å². The quantitative estimate of drug-likeness (QED) is 0.226. The van der Waals surface area contributed by atoms with Crippen molar-refractivity contribution >= 4 is 38.3 Å². The highest BCUT2D eigenvalue weighted by Crippen LogP contribution is 2.36. The lowest BCUT2D eigenvalue weighted by molar-refractivity contribution is 0.621. The molecular weight excluding hydrogens is 473 g/mol. The molecule has 0 aliphatic heterocycles. The maximum atomic E-state index is 15.6. The lowest BCUT2D eigenvalue weighted by Crippen LogP contribution is -2.18. The van der Waals surface area contributed by atoms with E-state index in [0.717, 1.165) is 60.9 Å². The SMILES string of the molecule is C/C=C(\NC(=C(C)C)C(C)C)c1ccc(-c2ccc3c(c2)c2c[nH]ncc2c2nc(C(C)C)nc32)cc1F. The smallest absolute Gasteiger partial charge is 0.133 e. The molecule has 5 nitrogen and oxygen atoms in total. The number of rotatable bonds is 6. The Bertz CT molecular complexity index is 1740. The van der Waals surface area contributed by atoms with Gasteiger partial charge in [-0.15, -0.1) is 0 Å². The van der Waals surface area contributed by atoms with Crippen molar-refractivity contribution in [1.82, 2.24) is 25.5 Å². The largest absolute Gasteiger partial charge is 0.358 e. The number of nitrogens with zero attached hydrogens (tertiary/aromatic N) is 3. The Balaban J connectivity index is 1.62. The van der Waals surface area contributed by atoms with Gasteiger partial charge in [-0.25, -0.2) is 14.4 Å². The number of hydrogen-bond acceptors (Lipinski definition) is 4. The maximum absolute atomic E-state index is 15.6. The van der Waals surface area contributed by atoms with Gasteiger partial charge in [-0.05, 0) is 61.4 Å². The number of hydrogen-bond donors (Lipinski definition) is 2. The zero-order chi connectivity index (χ0) is 27.1. The monoisotopic (exact) mass is 507 g/mol. The van der Waals surface area contributed by atoms with Crippen molar-refractivity contribution in [2.75, 3.05) is 0 Å². The van der Waals surface area contributed by atoms with Crippen molar-refractivity contribution in [3.8, 4) is 11.1 Å². The van der Waals surface area contributed by atoms with Crippen LogP contribution in [0.1, 0.15) is 65.8 Å². The number of fused-ring (bicyclic) bond motifs is 6. The van der Waals surface area contributed by atoms with Gasteiger partial charge in [-0.3, -0.25) is 5.10 Å². The van der Waals surface area contributed by atoms with E-state index >= 15 is 4.39 Å². The highest BCUT2D eigenvalue weighted by atomic mass is 19.1. The summed E-state index contributed by atoms with van der Waals surface area (Å²) in [7, 11) is 0. The fraction of sp³-hybridized carbons (Fsp3) is 0.281. The summed E-state index contributed by atoms with van der Waals surface area (Å²) in [6.45, 7) is 14.5. The second-order valence-electron chi connectivity index (χ2n) is 10.6. The summed E-state index contributed by atoms with van der Waals surface area (Å²) in [6, 6.07) is 11.7. The van der Waals surface area contributed by atoms with Gasteiger partial charge in [0.2, 0.25) is 0 Å². The molecule has 3 aromatic carbocycles. The molecule has 2 N–H and O–H groups in total. The van der Waals surface area contributed by atoms with Crippen LogP contribution in [0.15, 0.2) is 66.1 Å². The minimum absolute atomic E-state index is 0.224. The number of allylic oxidation sites excluding steroid dienone is 3. The van der Waals surface area contributed by atoms with Crippen molar-refractivity contribution in [3.05, 3.63) is 83.3 Å². The van der Waals surface area contributed by atoms with Gasteiger partial charge in [0, 0.05) is 45.2 Å². The molecule has 0 radical (unpaired) electrons. The van der Waals surface area contributed by atoms with Crippen LogP contribution in [0.4, 0.5) is 4.39 Å². The molecule has 0 fully saturated rings. The maximum Gasteiger partial charge on any atom is 0.133 e. The second-order valence-corrected chi connectivity index (χ2v) is 10.6. The van der Waals surface area contributed by atoms with E-state index in [1.54, 1.807) is 12.3 Å². The van der Waals surface area contributed by atoms with E-state index < -0.39 is 0 Å². The summed E-state index contributed by atoms with van der Waals surface area (Å²) < 4.78 is 15.6. The molecule has 0 saturated heterocycles. The summed E-state index contributed by atoms with van der Waals surface area (Å²) in [5.41, 5.74) is 7.12. The van der Waals surface area contributed by atoms with Gasteiger partial charge in [0.25, 0.3) is 0 Å². The Hall–Kier alpha value is -4.06. The van der Waals surface area contributed by atoms with Crippen LogP contribution in [-0.2, 0) is 0 Å². The standard InChI is InChI=1S/C32H34FN5/c1-8-28(36-29(17(2)3)18(4)5)23-12-10-21(14-27(23)33)20-9-11-22-24(13-20)25-15-34-35-16-26(25)31-30(22)37-32(38-31)19(6)7/h8-17,19,34,36H,1-7H3/b28-8-. The minimum Gasteiger partial charge on any atom is -0.358 e. The summed E-state index contributed by atoms with van der Waals surface area (Å²) in [5, 5.41) is 14.7. The number of aromatic nitrogens is 4. The van der Waals surface area contributed by atoms with E-state index in [1.165, 1.54) is 5.57 Å². The third-order valence-electron chi connectivity index (χ3n) is 7.05. The van der Waals surface area contributed by atoms with Gasteiger partial charge >= 0.3 is 0 Å². The van der Waals surface area contributed by atoms with E-state index in [4.69, 9.17) is 9.97 Å². The van der Waals surface area contributed by atoms with Crippen LogP contribution in [0.2, 0.25) is 0 Å². The van der Waals surface area contributed by atoms with Gasteiger partial charge in [0.15, 0.2) is 0 Å². The van der Waals surface area contributed by atoms with Gasteiger partial charge in [0.1, 0.15) is 17.2 Å². The number of aromatic amines is 1. The number of H-pyrrole nitrogens is 1. The molecule has 0 aliphatic carbocycles. The second kappa shape index (κ2) is 10.0. The van der Waals surface area contributed by atoms with Crippen LogP contribution < -0.4 is 5.32 Å². The predicted octanol–water partition coefficient (Wildman–Crippen LogP) is 8.49. The lowest BCUT2D eigenvalue weighted by atomic mass is 9.96. The van der Waals surface area contributed by atoms with Crippen LogP contribution >= 0.6 is 0 Å². The Morgan fingerprint density at radius 2 is 1.58 bits per heavy atom. The fourth-order valence-electron chi connectivity index (χ4n) is 5.11. The predicted molar refractivity (Wildman–Crippen MR) is 156 cm³/mol. The van der Waals surface area contributed by atoms with Crippen molar-refractivity contribution in [1.29, 1.82) is 0 Å². The number of halogens is 1. The molecule has 2 aromatic heterocycles. The Morgan fingerprint density at radius 3 is 2.21 bits per heavy atom. The first-order valence-electron chi connectivity index (χ1n) is 13.2. The van der Waals surface area contributed by atoms with Gasteiger partial charge < -0.3 is 5.32 Å². The van der Waals surface area contributed by atoms with Gasteiger partial charge in [-0.2, -0.15) is 5.10 Å². The summed E-state index contributed by atoms with van der Waals surface area (Å²) >= 11 is 0. The molecule has 0 bridgehead atoms. The van der Waals surface area contributed by atoms with E-state index in [0.29, 0.717) is 11.5 Å². The van der Waals surface area contributed by atoms with Crippen LogP contribution in [0.5, 0.6) is 0 Å². The lowest BCUT2D eigenvalue weighted by Gasteiger charge is -2.20. The Kier molecular flexibility index (Phi) is 6.74. The van der Waals surface area contributed by atoms with Crippen LogP contribution in [-0.4, -0.2) is 20.2 Å².